The molecule has 5 nitrogen and oxygen atoms in total. The number of sulfonamides is 1. The van der Waals surface area contributed by atoms with Gasteiger partial charge in [-0.15, -0.1) is 0 Å². The van der Waals surface area contributed by atoms with Crippen molar-refractivity contribution in [2.24, 2.45) is 11.8 Å². The van der Waals surface area contributed by atoms with E-state index >= 15 is 0 Å². The second-order valence-corrected chi connectivity index (χ2v) is 9.94. The number of nitrogens with zero attached hydrogens (tertiary/aromatic N) is 1. The van der Waals surface area contributed by atoms with Crippen molar-refractivity contribution in [3.8, 4) is 0 Å². The molecular weight excluding hydrogens is 360 g/mol. The highest BCUT2D eigenvalue weighted by atomic mass is 32.2. The summed E-state index contributed by atoms with van der Waals surface area (Å²) in [5.74, 6) is 0.464. The Kier molecular flexibility index (Phi) is 7.23. The molecule has 0 saturated heterocycles. The fraction of sp³-hybridized carbons (Fsp3) is 0.571. The van der Waals surface area contributed by atoms with Gasteiger partial charge >= 0.3 is 0 Å². The molecule has 0 spiro atoms. The first-order chi connectivity index (χ1) is 12.6. The van der Waals surface area contributed by atoms with Gasteiger partial charge in [-0.2, -0.15) is 4.31 Å². The van der Waals surface area contributed by atoms with Gasteiger partial charge in [-0.05, 0) is 48.3 Å². The van der Waals surface area contributed by atoms with E-state index in [1.54, 1.807) is 18.2 Å². The van der Waals surface area contributed by atoms with Gasteiger partial charge in [0.1, 0.15) is 6.04 Å². The molecule has 0 saturated carbocycles. The van der Waals surface area contributed by atoms with Crippen molar-refractivity contribution in [1.29, 1.82) is 0 Å². The van der Waals surface area contributed by atoms with Crippen LogP contribution in [0.5, 0.6) is 0 Å². The van der Waals surface area contributed by atoms with Crippen molar-refractivity contribution < 1.29 is 13.2 Å². The number of carbonyl (C=O) groups excluding carboxylic acids is 1. The third-order valence-electron chi connectivity index (χ3n) is 4.85. The van der Waals surface area contributed by atoms with Crippen molar-refractivity contribution in [3.63, 3.8) is 0 Å². The smallest absolute Gasteiger partial charge is 0.244 e. The minimum Gasteiger partial charge on any atom is -0.355 e. The van der Waals surface area contributed by atoms with Crippen LogP contribution in [-0.2, 0) is 14.8 Å². The number of fused-ring (bicyclic) bond motifs is 1. The summed E-state index contributed by atoms with van der Waals surface area (Å²) in [4.78, 5) is 13.2. The fourth-order valence-electron chi connectivity index (χ4n) is 3.34. The van der Waals surface area contributed by atoms with E-state index in [9.17, 15) is 13.2 Å². The topological polar surface area (TPSA) is 66.5 Å². The van der Waals surface area contributed by atoms with Gasteiger partial charge in [0.15, 0.2) is 0 Å². The van der Waals surface area contributed by atoms with E-state index in [1.165, 1.54) is 4.31 Å². The molecule has 1 atom stereocenters. The molecule has 27 heavy (non-hydrogen) atoms. The van der Waals surface area contributed by atoms with E-state index in [0.29, 0.717) is 30.9 Å². The molecule has 0 fully saturated rings. The lowest BCUT2D eigenvalue weighted by Crippen LogP contribution is -2.50. The lowest BCUT2D eigenvalue weighted by Gasteiger charge is -2.30. The van der Waals surface area contributed by atoms with E-state index in [-0.39, 0.29) is 23.3 Å². The molecule has 2 rings (SSSR count). The summed E-state index contributed by atoms with van der Waals surface area (Å²) in [6.07, 6.45) is 1.87. The van der Waals surface area contributed by atoms with E-state index in [4.69, 9.17) is 0 Å². The van der Waals surface area contributed by atoms with Gasteiger partial charge in [-0.25, -0.2) is 8.42 Å². The Morgan fingerprint density at radius 2 is 1.85 bits per heavy atom. The first kappa shape index (κ1) is 21.6. The van der Waals surface area contributed by atoms with Gasteiger partial charge in [-0.1, -0.05) is 52.5 Å². The molecule has 1 aliphatic rings. The van der Waals surface area contributed by atoms with E-state index in [1.807, 2.05) is 19.9 Å². The third kappa shape index (κ3) is 5.20. The van der Waals surface area contributed by atoms with Crippen molar-refractivity contribution in [2.45, 2.75) is 57.9 Å². The average molecular weight is 393 g/mol. The SMILES string of the molecule is C=C1CCN([C@@H](CC(C)C)C(=O)NCCC(C)C)S(=O)(=O)c2ccccc21. The zero-order valence-corrected chi connectivity index (χ0v) is 17.7. The minimum absolute atomic E-state index is 0.197. The van der Waals surface area contributed by atoms with Crippen LogP contribution < -0.4 is 5.32 Å². The molecule has 1 aromatic carbocycles. The van der Waals surface area contributed by atoms with Crippen LogP contribution in [0.3, 0.4) is 0 Å². The summed E-state index contributed by atoms with van der Waals surface area (Å²) >= 11 is 0. The molecule has 1 aliphatic heterocycles. The van der Waals surface area contributed by atoms with Gasteiger partial charge in [0.05, 0.1) is 4.90 Å². The predicted molar refractivity (Wildman–Crippen MR) is 110 cm³/mol. The Balaban J connectivity index is 2.37. The molecule has 0 unspecified atom stereocenters. The van der Waals surface area contributed by atoms with E-state index < -0.39 is 16.1 Å². The number of rotatable bonds is 7. The number of carbonyl (C=O) groups is 1. The summed E-state index contributed by atoms with van der Waals surface area (Å²) in [5, 5.41) is 2.94. The number of nitrogens with one attached hydrogen (secondary N) is 1. The summed E-state index contributed by atoms with van der Waals surface area (Å²) < 4.78 is 28.2. The minimum atomic E-state index is -3.77. The van der Waals surface area contributed by atoms with Crippen LogP contribution in [-0.4, -0.2) is 37.8 Å². The molecule has 0 radical (unpaired) electrons. The molecule has 1 N–H and O–H groups in total. The zero-order valence-electron chi connectivity index (χ0n) is 16.9. The number of hydrogen-bond donors (Lipinski definition) is 1. The summed E-state index contributed by atoms with van der Waals surface area (Å²) in [6, 6.07) is 6.23. The van der Waals surface area contributed by atoms with Crippen LogP contribution in [0.25, 0.3) is 5.57 Å². The number of amides is 1. The van der Waals surface area contributed by atoms with Crippen LogP contribution in [0.2, 0.25) is 0 Å². The Morgan fingerprint density at radius 1 is 1.19 bits per heavy atom. The molecule has 6 heteroatoms. The Labute approximate surface area is 163 Å². The van der Waals surface area contributed by atoms with E-state index in [2.05, 4.69) is 25.7 Å². The number of benzene rings is 1. The van der Waals surface area contributed by atoms with Crippen LogP contribution in [0, 0.1) is 11.8 Å². The second kappa shape index (κ2) is 9.02. The maximum atomic E-state index is 13.4. The molecular formula is C21H32N2O3S. The van der Waals surface area contributed by atoms with Gasteiger partial charge in [-0.3, -0.25) is 4.79 Å². The Bertz CT molecular complexity index is 784. The molecule has 1 amide bonds. The van der Waals surface area contributed by atoms with Gasteiger partial charge < -0.3 is 5.32 Å². The monoisotopic (exact) mass is 392 g/mol. The van der Waals surface area contributed by atoms with Gasteiger partial charge in [0, 0.05) is 13.1 Å². The van der Waals surface area contributed by atoms with Crippen LogP contribution in [0.4, 0.5) is 0 Å². The quantitative estimate of drug-likeness (QED) is 0.770. The van der Waals surface area contributed by atoms with Crippen molar-refractivity contribution in [2.75, 3.05) is 13.1 Å². The molecule has 0 aromatic heterocycles. The molecule has 1 heterocycles. The lowest BCUT2D eigenvalue weighted by molar-refractivity contribution is -0.125. The van der Waals surface area contributed by atoms with Crippen LogP contribution in [0.1, 0.15) is 52.5 Å². The molecule has 1 aromatic rings. The average Bonchev–Trinajstić information content (AvgIpc) is 2.68. The molecule has 150 valence electrons. The summed E-state index contributed by atoms with van der Waals surface area (Å²) in [5.41, 5.74) is 1.45. The van der Waals surface area contributed by atoms with Gasteiger partial charge in [0.25, 0.3) is 0 Å². The third-order valence-corrected chi connectivity index (χ3v) is 6.82. The Hall–Kier alpha value is -1.66. The number of hydrogen-bond acceptors (Lipinski definition) is 3. The molecule has 0 aliphatic carbocycles. The van der Waals surface area contributed by atoms with Gasteiger partial charge in [0.2, 0.25) is 15.9 Å². The first-order valence-electron chi connectivity index (χ1n) is 9.71. The fourth-order valence-corrected chi connectivity index (χ4v) is 5.18. The van der Waals surface area contributed by atoms with Crippen molar-refractivity contribution >= 4 is 21.5 Å². The molecule has 0 bridgehead atoms. The largest absolute Gasteiger partial charge is 0.355 e. The van der Waals surface area contributed by atoms with Crippen molar-refractivity contribution in [3.05, 3.63) is 36.4 Å². The highest BCUT2D eigenvalue weighted by Crippen LogP contribution is 2.33. The maximum absolute atomic E-state index is 13.4. The standard InChI is InChI=1S/C21H32N2O3S/c1-15(2)10-12-22-21(24)19(14-16(3)4)23-13-11-17(5)18-8-6-7-9-20(18)27(23,25)26/h6-9,15-16,19H,5,10-14H2,1-4H3,(H,22,24)/t19-/m0/s1. The predicted octanol–water partition coefficient (Wildman–Crippen LogP) is 3.67. The summed E-state index contributed by atoms with van der Waals surface area (Å²) in [7, 11) is -3.77. The maximum Gasteiger partial charge on any atom is 0.244 e. The Morgan fingerprint density at radius 3 is 2.48 bits per heavy atom. The highest BCUT2D eigenvalue weighted by molar-refractivity contribution is 7.89. The summed E-state index contributed by atoms with van der Waals surface area (Å²) in [6.45, 7) is 13.1. The first-order valence-corrected chi connectivity index (χ1v) is 11.1. The highest BCUT2D eigenvalue weighted by Gasteiger charge is 2.38. The zero-order chi connectivity index (χ0) is 20.2. The van der Waals surface area contributed by atoms with Crippen LogP contribution >= 0.6 is 0 Å². The van der Waals surface area contributed by atoms with Crippen molar-refractivity contribution in [1.82, 2.24) is 9.62 Å². The van der Waals surface area contributed by atoms with E-state index in [0.717, 1.165) is 12.0 Å². The second-order valence-electron chi connectivity index (χ2n) is 8.08. The lowest BCUT2D eigenvalue weighted by atomic mass is 10.0. The normalized spacial score (nSPS) is 18.2. The van der Waals surface area contributed by atoms with Crippen LogP contribution in [0.15, 0.2) is 35.7 Å².